The van der Waals surface area contributed by atoms with Gasteiger partial charge in [0.2, 0.25) is 0 Å². The van der Waals surface area contributed by atoms with Crippen molar-refractivity contribution in [1.29, 1.82) is 0 Å². The maximum Gasteiger partial charge on any atom is 0.290 e. The van der Waals surface area contributed by atoms with Gasteiger partial charge < -0.3 is 36.0 Å². The number of fused-ring (bicyclic) bond motifs is 1. The Hall–Kier alpha value is -5.11. The summed E-state index contributed by atoms with van der Waals surface area (Å²) in [4.78, 5) is 49.0. The van der Waals surface area contributed by atoms with E-state index in [1.54, 1.807) is 25.8 Å². The lowest BCUT2D eigenvalue weighted by atomic mass is 10.1. The van der Waals surface area contributed by atoms with Crippen molar-refractivity contribution in [2.75, 3.05) is 31.8 Å². The Morgan fingerprint density at radius 1 is 1.08 bits per heavy atom. The molecule has 14 nitrogen and oxygen atoms in total. The molecule has 1 amide bonds. The fraction of sp³-hybridized carbons (Fsp3) is 0.208. The molecule has 0 atom stereocenters. The first-order valence-electron chi connectivity index (χ1n) is 11.0. The number of aryl methyl sites for hydroxylation is 1. The van der Waals surface area contributed by atoms with Crippen LogP contribution in [0.3, 0.4) is 0 Å². The number of hydrogen-bond acceptors (Lipinski definition) is 10. The van der Waals surface area contributed by atoms with E-state index in [1.807, 2.05) is 50.0 Å². The van der Waals surface area contributed by atoms with Crippen LogP contribution in [0, 0.1) is 0 Å². The molecule has 0 aliphatic carbocycles. The third-order valence-corrected chi connectivity index (χ3v) is 4.97. The van der Waals surface area contributed by atoms with Crippen molar-refractivity contribution in [1.82, 2.24) is 29.4 Å². The molecular weight excluding hydrogens is 494 g/mol. The largest absolute Gasteiger partial charge is 0.483 e. The fourth-order valence-electron chi connectivity index (χ4n) is 3.47. The number of benzene rings is 1. The number of nitrogens with zero attached hydrogens (tertiary/aromatic N) is 6. The number of carbonyl (C=O) groups is 3. The molecule has 0 fully saturated rings. The normalized spacial score (nSPS) is 10.0. The predicted octanol–water partition coefficient (Wildman–Crippen LogP) is 1.77. The number of amides is 1. The van der Waals surface area contributed by atoms with E-state index in [4.69, 9.17) is 25.5 Å². The lowest BCUT2D eigenvalue weighted by Gasteiger charge is -2.15. The van der Waals surface area contributed by atoms with E-state index in [2.05, 4.69) is 35.5 Å². The number of imidazole rings is 1. The summed E-state index contributed by atoms with van der Waals surface area (Å²) in [6.07, 6.45) is 5.08. The second-order valence-electron chi connectivity index (χ2n) is 7.91. The first kappa shape index (κ1) is 29.1. The number of anilines is 3. The SMILES string of the molecule is CNc1nc(Nc2ccc(CN(C)C)cc2)c(C(N)=O)nc1-c1cncc2c1ncn2C.O=CO.O=CO. The molecule has 0 aliphatic heterocycles. The number of carboxylic acid groups (broad SMARTS) is 2. The standard InChI is InChI=1S/C22H25N9O.2CH2O2/c1-24-21-18(15-9-25-10-16-17(15)26-12-31(16)4)28-19(20(23)32)22(29-21)27-14-7-5-13(6-8-14)11-30(2)3;2*2-1-3/h5-10,12H,11H2,1-4H3,(H2,23,32)(H2,24,27,29);2*1H,(H,2,3). The number of nitrogens with two attached hydrogens (primary N) is 1. The van der Waals surface area contributed by atoms with Crippen molar-refractivity contribution >= 4 is 47.2 Å². The molecule has 0 unspecified atom stereocenters. The van der Waals surface area contributed by atoms with E-state index in [0.29, 0.717) is 22.6 Å². The van der Waals surface area contributed by atoms with Crippen LogP contribution in [0.25, 0.3) is 22.3 Å². The molecule has 0 bridgehead atoms. The first-order chi connectivity index (χ1) is 18.2. The van der Waals surface area contributed by atoms with Gasteiger partial charge >= 0.3 is 0 Å². The molecule has 0 radical (unpaired) electrons. The highest BCUT2D eigenvalue weighted by molar-refractivity contribution is 5.99. The van der Waals surface area contributed by atoms with Crippen LogP contribution in [0.15, 0.2) is 43.0 Å². The fourth-order valence-corrected chi connectivity index (χ4v) is 3.47. The molecule has 4 aromatic rings. The highest BCUT2D eigenvalue weighted by Gasteiger charge is 2.21. The predicted molar refractivity (Wildman–Crippen MR) is 142 cm³/mol. The second-order valence-corrected chi connectivity index (χ2v) is 7.91. The minimum absolute atomic E-state index is 0.0318. The van der Waals surface area contributed by atoms with Crippen molar-refractivity contribution in [3.63, 3.8) is 0 Å². The Bertz CT molecular complexity index is 1380. The van der Waals surface area contributed by atoms with Gasteiger partial charge in [-0.05, 0) is 31.8 Å². The van der Waals surface area contributed by atoms with Crippen LogP contribution >= 0.6 is 0 Å². The lowest BCUT2D eigenvalue weighted by Crippen LogP contribution is -2.18. The van der Waals surface area contributed by atoms with Gasteiger partial charge in [-0.25, -0.2) is 15.0 Å². The summed E-state index contributed by atoms with van der Waals surface area (Å²) < 4.78 is 1.86. The van der Waals surface area contributed by atoms with Crippen LogP contribution in [0.2, 0.25) is 0 Å². The van der Waals surface area contributed by atoms with Gasteiger partial charge in [-0.3, -0.25) is 19.4 Å². The molecule has 3 aromatic heterocycles. The zero-order valence-electron chi connectivity index (χ0n) is 21.3. The van der Waals surface area contributed by atoms with Gasteiger partial charge in [-0.15, -0.1) is 0 Å². The van der Waals surface area contributed by atoms with Crippen LogP contribution in [-0.4, -0.2) is 79.6 Å². The molecule has 0 aliphatic rings. The highest BCUT2D eigenvalue weighted by atomic mass is 16.3. The van der Waals surface area contributed by atoms with Gasteiger partial charge in [-0.2, -0.15) is 0 Å². The number of aromatic nitrogens is 5. The lowest BCUT2D eigenvalue weighted by molar-refractivity contribution is -0.123. The summed E-state index contributed by atoms with van der Waals surface area (Å²) in [6, 6.07) is 7.88. The van der Waals surface area contributed by atoms with E-state index in [0.717, 1.165) is 17.7 Å². The number of pyridine rings is 1. The van der Waals surface area contributed by atoms with Crippen molar-refractivity contribution < 1.29 is 24.6 Å². The smallest absolute Gasteiger partial charge is 0.290 e. The third kappa shape index (κ3) is 7.20. The Labute approximate surface area is 218 Å². The zero-order chi connectivity index (χ0) is 28.2. The zero-order valence-corrected chi connectivity index (χ0v) is 21.3. The minimum Gasteiger partial charge on any atom is -0.483 e. The summed E-state index contributed by atoms with van der Waals surface area (Å²) in [5, 5.41) is 20.0. The molecule has 38 heavy (non-hydrogen) atoms. The molecule has 4 rings (SSSR count). The van der Waals surface area contributed by atoms with E-state index >= 15 is 0 Å². The number of primary amides is 1. The van der Waals surface area contributed by atoms with Crippen LogP contribution in [-0.2, 0) is 23.2 Å². The maximum atomic E-state index is 12.3. The summed E-state index contributed by atoms with van der Waals surface area (Å²) in [7, 11) is 7.66. The number of rotatable bonds is 7. The molecule has 0 spiro atoms. The van der Waals surface area contributed by atoms with Crippen LogP contribution in [0.4, 0.5) is 17.3 Å². The Balaban J connectivity index is 0.000000773. The maximum absolute atomic E-state index is 12.3. The van der Waals surface area contributed by atoms with Crippen molar-refractivity contribution in [3.05, 3.63) is 54.2 Å². The van der Waals surface area contributed by atoms with Crippen LogP contribution in [0.1, 0.15) is 16.1 Å². The quantitative estimate of drug-likeness (QED) is 0.220. The Morgan fingerprint density at radius 2 is 1.71 bits per heavy atom. The topological polar surface area (TPSA) is 201 Å². The average Bonchev–Trinajstić information content (AvgIpc) is 3.26. The van der Waals surface area contributed by atoms with Gasteiger partial charge in [0.25, 0.3) is 18.9 Å². The summed E-state index contributed by atoms with van der Waals surface area (Å²) in [5.41, 5.74) is 10.3. The third-order valence-electron chi connectivity index (χ3n) is 4.97. The molecule has 1 aromatic carbocycles. The average molecular weight is 524 g/mol. The molecule has 200 valence electrons. The van der Waals surface area contributed by atoms with Gasteiger partial charge in [0.15, 0.2) is 17.3 Å². The molecule has 6 N–H and O–H groups in total. The monoisotopic (exact) mass is 523 g/mol. The summed E-state index contributed by atoms with van der Waals surface area (Å²) in [5.74, 6) is 0.0584. The molecular formula is C24H29N9O5. The van der Waals surface area contributed by atoms with Gasteiger partial charge in [0, 0.05) is 32.5 Å². The molecule has 0 saturated carbocycles. The van der Waals surface area contributed by atoms with Gasteiger partial charge in [0.1, 0.15) is 11.2 Å². The van der Waals surface area contributed by atoms with Crippen molar-refractivity contribution in [2.45, 2.75) is 6.54 Å². The number of nitrogens with one attached hydrogen (secondary N) is 2. The molecule has 0 saturated heterocycles. The Kier molecular flexibility index (Phi) is 10.6. The first-order valence-corrected chi connectivity index (χ1v) is 11.0. The Morgan fingerprint density at radius 3 is 2.26 bits per heavy atom. The van der Waals surface area contributed by atoms with E-state index < -0.39 is 5.91 Å². The minimum atomic E-state index is -0.686. The molecule has 14 heteroatoms. The second kappa shape index (κ2) is 13.8. The van der Waals surface area contributed by atoms with Gasteiger partial charge in [-0.1, -0.05) is 12.1 Å². The van der Waals surface area contributed by atoms with E-state index in [-0.39, 0.29) is 24.5 Å². The van der Waals surface area contributed by atoms with Crippen LogP contribution in [0.5, 0.6) is 0 Å². The summed E-state index contributed by atoms with van der Waals surface area (Å²) >= 11 is 0. The van der Waals surface area contributed by atoms with E-state index in [1.165, 1.54) is 5.56 Å². The number of carbonyl (C=O) groups excluding carboxylic acids is 1. The van der Waals surface area contributed by atoms with Gasteiger partial charge in [0.05, 0.1) is 23.6 Å². The molecule has 3 heterocycles. The number of hydrogen-bond donors (Lipinski definition) is 5. The summed E-state index contributed by atoms with van der Waals surface area (Å²) in [6.45, 7) is 0.332. The van der Waals surface area contributed by atoms with Crippen molar-refractivity contribution in [2.24, 2.45) is 12.8 Å². The highest BCUT2D eigenvalue weighted by Crippen LogP contribution is 2.32. The van der Waals surface area contributed by atoms with Crippen molar-refractivity contribution in [3.8, 4) is 11.3 Å². The van der Waals surface area contributed by atoms with E-state index in [9.17, 15) is 4.79 Å². The van der Waals surface area contributed by atoms with Crippen LogP contribution < -0.4 is 16.4 Å².